The molecule has 0 N–H and O–H groups in total. The predicted octanol–water partition coefficient (Wildman–Crippen LogP) is 3.97. The molecule has 0 aliphatic carbocycles. The minimum absolute atomic E-state index is 0.342. The van der Waals surface area contributed by atoms with Gasteiger partial charge in [-0.15, -0.1) is 0 Å². The Bertz CT molecular complexity index is 759. The van der Waals surface area contributed by atoms with Crippen LogP contribution in [0.5, 0.6) is 5.75 Å². The van der Waals surface area contributed by atoms with Crippen LogP contribution in [-0.2, 0) is 6.61 Å². The highest BCUT2D eigenvalue weighted by atomic mass is 35.5. The molecule has 4 heteroatoms. The number of nitriles is 1. The third-order valence-electron chi connectivity index (χ3n) is 3.27. The molecule has 1 aromatic heterocycles. The van der Waals surface area contributed by atoms with Gasteiger partial charge < -0.3 is 4.74 Å². The SMILES string of the molecule is C/C(C#N)=C1\c2ccccc2OCc2nc(Cl)ccc21. The Morgan fingerprint density at radius 1 is 1.25 bits per heavy atom. The third kappa shape index (κ3) is 2.04. The molecule has 0 amide bonds. The van der Waals surface area contributed by atoms with Gasteiger partial charge in [0, 0.05) is 22.3 Å². The van der Waals surface area contributed by atoms with Gasteiger partial charge in [-0.2, -0.15) is 5.26 Å². The van der Waals surface area contributed by atoms with Crippen molar-refractivity contribution in [1.82, 2.24) is 4.98 Å². The molecule has 1 aromatic carbocycles. The van der Waals surface area contributed by atoms with Crippen LogP contribution in [-0.4, -0.2) is 4.98 Å². The molecule has 0 saturated carbocycles. The van der Waals surface area contributed by atoms with E-state index in [1.165, 1.54) is 0 Å². The number of benzene rings is 1. The summed E-state index contributed by atoms with van der Waals surface area (Å²) in [5, 5.41) is 9.71. The topological polar surface area (TPSA) is 45.9 Å². The summed E-state index contributed by atoms with van der Waals surface area (Å²) in [5.41, 5.74) is 4.05. The quantitative estimate of drug-likeness (QED) is 0.542. The number of nitrogens with zero attached hydrogens (tertiary/aromatic N) is 2. The smallest absolute Gasteiger partial charge is 0.131 e. The highest BCUT2D eigenvalue weighted by Gasteiger charge is 2.21. The fraction of sp³-hybridized carbons (Fsp3) is 0.125. The van der Waals surface area contributed by atoms with Crippen molar-refractivity contribution < 1.29 is 4.74 Å². The molecule has 0 atom stereocenters. The van der Waals surface area contributed by atoms with Crippen molar-refractivity contribution in [3.63, 3.8) is 0 Å². The Kier molecular flexibility index (Phi) is 3.17. The normalized spacial score (nSPS) is 15.2. The summed E-state index contributed by atoms with van der Waals surface area (Å²) in [4.78, 5) is 4.32. The number of halogens is 1. The Morgan fingerprint density at radius 2 is 2.05 bits per heavy atom. The molecular formula is C16H11ClN2O. The summed E-state index contributed by atoms with van der Waals surface area (Å²) in [6.07, 6.45) is 0. The zero-order valence-electron chi connectivity index (χ0n) is 10.9. The lowest BCUT2D eigenvalue weighted by atomic mass is 9.93. The van der Waals surface area contributed by atoms with Crippen LogP contribution in [0.2, 0.25) is 5.15 Å². The fourth-order valence-corrected chi connectivity index (χ4v) is 2.53. The molecule has 2 heterocycles. The van der Waals surface area contributed by atoms with Crippen molar-refractivity contribution in [3.8, 4) is 11.8 Å². The summed E-state index contributed by atoms with van der Waals surface area (Å²) >= 11 is 5.95. The minimum atomic E-state index is 0.342. The van der Waals surface area contributed by atoms with Crippen LogP contribution in [0.1, 0.15) is 23.7 Å². The van der Waals surface area contributed by atoms with Gasteiger partial charge in [-0.3, -0.25) is 0 Å². The van der Waals surface area contributed by atoms with Gasteiger partial charge in [0.1, 0.15) is 17.5 Å². The summed E-state index contributed by atoms with van der Waals surface area (Å²) < 4.78 is 5.79. The van der Waals surface area contributed by atoms with Crippen LogP contribution in [0.3, 0.4) is 0 Å². The number of aromatic nitrogens is 1. The Morgan fingerprint density at radius 3 is 2.85 bits per heavy atom. The maximum atomic E-state index is 9.29. The number of ether oxygens (including phenoxy) is 1. The first kappa shape index (κ1) is 12.7. The van der Waals surface area contributed by atoms with E-state index in [1.807, 2.05) is 30.3 Å². The summed E-state index contributed by atoms with van der Waals surface area (Å²) in [5.74, 6) is 0.756. The maximum Gasteiger partial charge on any atom is 0.131 e. The van der Waals surface area contributed by atoms with Gasteiger partial charge in [-0.1, -0.05) is 29.8 Å². The van der Waals surface area contributed by atoms with Crippen molar-refractivity contribution in [2.75, 3.05) is 0 Å². The second-order valence-electron chi connectivity index (χ2n) is 4.52. The van der Waals surface area contributed by atoms with E-state index in [-0.39, 0.29) is 0 Å². The van der Waals surface area contributed by atoms with Gasteiger partial charge in [0.15, 0.2) is 0 Å². The minimum Gasteiger partial charge on any atom is -0.487 e. The lowest BCUT2D eigenvalue weighted by Gasteiger charge is -2.10. The van der Waals surface area contributed by atoms with Gasteiger partial charge in [0.05, 0.1) is 11.8 Å². The maximum absolute atomic E-state index is 9.29. The van der Waals surface area contributed by atoms with E-state index in [4.69, 9.17) is 16.3 Å². The molecule has 20 heavy (non-hydrogen) atoms. The Labute approximate surface area is 122 Å². The standard InChI is InChI=1S/C16H11ClN2O/c1-10(8-18)16-11-6-7-15(17)19-13(11)9-20-14-5-3-2-4-12(14)16/h2-7H,9H2,1H3/b16-10+. The van der Waals surface area contributed by atoms with Gasteiger partial charge in [0.25, 0.3) is 0 Å². The molecular weight excluding hydrogens is 272 g/mol. The zero-order chi connectivity index (χ0) is 14.1. The van der Waals surface area contributed by atoms with Crippen LogP contribution >= 0.6 is 11.6 Å². The molecule has 1 aliphatic heterocycles. The van der Waals surface area contributed by atoms with Crippen LogP contribution in [0.4, 0.5) is 0 Å². The van der Waals surface area contributed by atoms with Crippen molar-refractivity contribution in [2.24, 2.45) is 0 Å². The number of hydrogen-bond donors (Lipinski definition) is 0. The third-order valence-corrected chi connectivity index (χ3v) is 3.48. The van der Waals surface area contributed by atoms with E-state index >= 15 is 0 Å². The Hall–Kier alpha value is -2.31. The van der Waals surface area contributed by atoms with E-state index in [0.717, 1.165) is 28.1 Å². The number of allylic oxidation sites excluding steroid dienone is 1. The van der Waals surface area contributed by atoms with Crippen molar-refractivity contribution >= 4 is 17.2 Å². The number of pyridine rings is 1. The van der Waals surface area contributed by atoms with Gasteiger partial charge >= 0.3 is 0 Å². The highest BCUT2D eigenvalue weighted by Crippen LogP contribution is 2.38. The fourth-order valence-electron chi connectivity index (χ4n) is 2.36. The lowest BCUT2D eigenvalue weighted by Crippen LogP contribution is -1.99. The molecule has 3 rings (SSSR count). The molecule has 1 aliphatic rings. The summed E-state index contributed by atoms with van der Waals surface area (Å²) in [6, 6.07) is 13.5. The molecule has 0 saturated heterocycles. The van der Waals surface area contributed by atoms with Gasteiger partial charge in [-0.05, 0) is 25.1 Å². The molecule has 2 aromatic rings. The van der Waals surface area contributed by atoms with Gasteiger partial charge in [-0.25, -0.2) is 4.98 Å². The highest BCUT2D eigenvalue weighted by molar-refractivity contribution is 6.29. The van der Waals surface area contributed by atoms with Crippen molar-refractivity contribution in [1.29, 1.82) is 5.26 Å². The molecule has 0 radical (unpaired) electrons. The average molecular weight is 283 g/mol. The average Bonchev–Trinajstić information content (AvgIpc) is 2.63. The number of para-hydroxylation sites is 1. The molecule has 0 bridgehead atoms. The van der Waals surface area contributed by atoms with Gasteiger partial charge in [0.2, 0.25) is 0 Å². The molecule has 0 unspecified atom stereocenters. The second-order valence-corrected chi connectivity index (χ2v) is 4.91. The summed E-state index contributed by atoms with van der Waals surface area (Å²) in [7, 11) is 0. The van der Waals surface area contributed by atoms with E-state index in [0.29, 0.717) is 17.3 Å². The largest absolute Gasteiger partial charge is 0.487 e. The molecule has 3 nitrogen and oxygen atoms in total. The van der Waals surface area contributed by atoms with Crippen molar-refractivity contribution in [3.05, 3.63) is 63.9 Å². The number of fused-ring (bicyclic) bond motifs is 2. The van der Waals surface area contributed by atoms with Crippen LogP contribution in [0.15, 0.2) is 42.0 Å². The van der Waals surface area contributed by atoms with Crippen LogP contribution in [0, 0.1) is 11.3 Å². The van der Waals surface area contributed by atoms with E-state index in [1.54, 1.807) is 13.0 Å². The van der Waals surface area contributed by atoms with Crippen LogP contribution in [0.25, 0.3) is 5.57 Å². The Balaban J connectivity index is 2.35. The van der Waals surface area contributed by atoms with Crippen LogP contribution < -0.4 is 4.74 Å². The van der Waals surface area contributed by atoms with E-state index < -0.39 is 0 Å². The number of hydrogen-bond acceptors (Lipinski definition) is 3. The lowest BCUT2D eigenvalue weighted by molar-refractivity contribution is 0.302. The van der Waals surface area contributed by atoms with Crippen molar-refractivity contribution in [2.45, 2.75) is 13.5 Å². The second kappa shape index (κ2) is 4.99. The molecule has 0 fully saturated rings. The molecule has 0 spiro atoms. The zero-order valence-corrected chi connectivity index (χ0v) is 11.6. The van der Waals surface area contributed by atoms with E-state index in [2.05, 4.69) is 11.1 Å². The van der Waals surface area contributed by atoms with E-state index in [9.17, 15) is 5.26 Å². The molecule has 98 valence electrons. The summed E-state index contributed by atoms with van der Waals surface area (Å²) in [6.45, 7) is 2.14. The first-order chi connectivity index (χ1) is 9.70. The monoisotopic (exact) mass is 282 g/mol. The number of rotatable bonds is 0. The first-order valence-corrected chi connectivity index (χ1v) is 6.57. The first-order valence-electron chi connectivity index (χ1n) is 6.19. The predicted molar refractivity (Wildman–Crippen MR) is 77.3 cm³/mol.